The Morgan fingerprint density at radius 2 is 2.12 bits per heavy atom. The Balaban J connectivity index is 1.93. The molecule has 0 N–H and O–H groups in total. The molecule has 1 saturated heterocycles. The van der Waals surface area contributed by atoms with E-state index in [0.717, 1.165) is 5.69 Å². The van der Waals surface area contributed by atoms with Gasteiger partial charge in [-0.2, -0.15) is 0 Å². The Morgan fingerprint density at radius 3 is 2.64 bits per heavy atom. The standard InChI is InChI=1S/C17H24N2O5S/c1-4-19(15-7-8-25(22,23)11-15)17(21)13(3)24-16(20)9-14-6-5-12(2)18-10-14/h5-6,10,13,15H,4,7-9,11H2,1-3H3. The molecule has 0 bridgehead atoms. The predicted octanol–water partition coefficient (Wildman–Crippen LogP) is 0.900. The number of aryl methyl sites for hydroxylation is 1. The first kappa shape index (κ1) is 19.4. The van der Waals surface area contributed by atoms with Crippen LogP contribution < -0.4 is 0 Å². The van der Waals surface area contributed by atoms with E-state index >= 15 is 0 Å². The summed E-state index contributed by atoms with van der Waals surface area (Å²) in [6.45, 7) is 5.53. The molecule has 2 atom stereocenters. The summed E-state index contributed by atoms with van der Waals surface area (Å²) in [7, 11) is -3.09. The highest BCUT2D eigenvalue weighted by Crippen LogP contribution is 2.19. The topological polar surface area (TPSA) is 93.6 Å². The first-order valence-corrected chi connectivity index (χ1v) is 10.2. The maximum Gasteiger partial charge on any atom is 0.311 e. The highest BCUT2D eigenvalue weighted by molar-refractivity contribution is 7.91. The molecule has 1 amide bonds. The molecule has 2 unspecified atom stereocenters. The van der Waals surface area contributed by atoms with Gasteiger partial charge < -0.3 is 9.64 Å². The van der Waals surface area contributed by atoms with Gasteiger partial charge in [-0.1, -0.05) is 6.07 Å². The lowest BCUT2D eigenvalue weighted by Gasteiger charge is -2.29. The molecule has 1 aromatic rings. The predicted molar refractivity (Wildman–Crippen MR) is 92.7 cm³/mol. The van der Waals surface area contributed by atoms with Crippen LogP contribution in [0.2, 0.25) is 0 Å². The zero-order chi connectivity index (χ0) is 18.6. The summed E-state index contributed by atoms with van der Waals surface area (Å²) in [5.74, 6) is -0.806. The van der Waals surface area contributed by atoms with Crippen molar-refractivity contribution >= 4 is 21.7 Å². The first-order valence-electron chi connectivity index (χ1n) is 8.33. The van der Waals surface area contributed by atoms with Crippen molar-refractivity contribution in [2.24, 2.45) is 0 Å². The molecule has 0 saturated carbocycles. The van der Waals surface area contributed by atoms with Crippen LogP contribution in [-0.2, 0) is 30.6 Å². The second kappa shape index (κ2) is 7.95. The van der Waals surface area contributed by atoms with E-state index in [9.17, 15) is 18.0 Å². The molecule has 2 heterocycles. The third kappa shape index (κ3) is 5.26. The molecular formula is C17H24N2O5S. The van der Waals surface area contributed by atoms with Crippen LogP contribution in [0, 0.1) is 6.92 Å². The van der Waals surface area contributed by atoms with Gasteiger partial charge in [-0.15, -0.1) is 0 Å². The molecular weight excluding hydrogens is 344 g/mol. The molecule has 0 spiro atoms. The summed E-state index contributed by atoms with van der Waals surface area (Å²) in [6, 6.07) is 3.25. The van der Waals surface area contributed by atoms with Gasteiger partial charge >= 0.3 is 5.97 Å². The van der Waals surface area contributed by atoms with Crippen molar-refractivity contribution in [3.8, 4) is 0 Å². The van der Waals surface area contributed by atoms with Crippen LogP contribution in [-0.4, -0.2) is 60.4 Å². The number of carbonyl (C=O) groups excluding carboxylic acids is 2. The van der Waals surface area contributed by atoms with Crippen LogP contribution in [0.5, 0.6) is 0 Å². The van der Waals surface area contributed by atoms with Gasteiger partial charge in [0.25, 0.3) is 5.91 Å². The van der Waals surface area contributed by atoms with E-state index in [2.05, 4.69) is 4.98 Å². The van der Waals surface area contributed by atoms with Gasteiger partial charge in [0.1, 0.15) is 0 Å². The van der Waals surface area contributed by atoms with Gasteiger partial charge in [0.05, 0.1) is 17.9 Å². The minimum absolute atomic E-state index is 0.0255. The van der Waals surface area contributed by atoms with E-state index in [0.29, 0.717) is 18.5 Å². The van der Waals surface area contributed by atoms with Gasteiger partial charge in [-0.3, -0.25) is 14.6 Å². The van der Waals surface area contributed by atoms with Gasteiger partial charge in [-0.05, 0) is 38.8 Å². The number of esters is 1. The van der Waals surface area contributed by atoms with Crippen LogP contribution in [0.25, 0.3) is 0 Å². The number of hydrogen-bond acceptors (Lipinski definition) is 6. The van der Waals surface area contributed by atoms with E-state index in [1.54, 1.807) is 25.3 Å². The number of pyridine rings is 1. The average molecular weight is 368 g/mol. The fourth-order valence-electron chi connectivity index (χ4n) is 2.91. The van der Waals surface area contributed by atoms with Crippen molar-refractivity contribution in [3.63, 3.8) is 0 Å². The molecule has 0 aromatic carbocycles. The lowest BCUT2D eigenvalue weighted by atomic mass is 10.2. The molecule has 1 aliphatic heterocycles. The van der Waals surface area contributed by atoms with Gasteiger partial charge in [0, 0.05) is 24.5 Å². The highest BCUT2D eigenvalue weighted by Gasteiger charge is 2.36. The number of amides is 1. The number of ether oxygens (including phenoxy) is 1. The molecule has 7 nitrogen and oxygen atoms in total. The number of rotatable bonds is 6. The summed E-state index contributed by atoms with van der Waals surface area (Å²) >= 11 is 0. The number of carbonyl (C=O) groups is 2. The van der Waals surface area contributed by atoms with Crippen molar-refractivity contribution in [2.45, 2.75) is 45.8 Å². The van der Waals surface area contributed by atoms with Crippen molar-refractivity contribution in [1.29, 1.82) is 0 Å². The Labute approximate surface area is 148 Å². The molecule has 138 valence electrons. The minimum atomic E-state index is -3.09. The molecule has 0 aliphatic carbocycles. The lowest BCUT2D eigenvalue weighted by molar-refractivity contribution is -0.159. The zero-order valence-electron chi connectivity index (χ0n) is 14.8. The van der Waals surface area contributed by atoms with E-state index in [1.807, 2.05) is 6.92 Å². The Hall–Kier alpha value is -1.96. The number of likely N-dealkylation sites (N-methyl/N-ethyl adjacent to an activating group) is 1. The number of aromatic nitrogens is 1. The normalized spacial score (nSPS) is 20.0. The first-order chi connectivity index (χ1) is 11.7. The van der Waals surface area contributed by atoms with Crippen LogP contribution >= 0.6 is 0 Å². The van der Waals surface area contributed by atoms with Crippen molar-refractivity contribution in [2.75, 3.05) is 18.1 Å². The van der Waals surface area contributed by atoms with E-state index in [1.165, 1.54) is 11.8 Å². The van der Waals surface area contributed by atoms with Crippen LogP contribution in [0.15, 0.2) is 18.3 Å². The van der Waals surface area contributed by atoms with E-state index < -0.39 is 21.9 Å². The smallest absolute Gasteiger partial charge is 0.311 e. The van der Waals surface area contributed by atoms with Crippen molar-refractivity contribution in [1.82, 2.24) is 9.88 Å². The number of nitrogens with zero attached hydrogens (tertiary/aromatic N) is 2. The summed E-state index contributed by atoms with van der Waals surface area (Å²) < 4.78 is 28.5. The molecule has 25 heavy (non-hydrogen) atoms. The summed E-state index contributed by atoms with van der Waals surface area (Å²) in [6.07, 6.45) is 1.12. The fraction of sp³-hybridized carbons (Fsp3) is 0.588. The fourth-order valence-corrected chi connectivity index (χ4v) is 4.64. The van der Waals surface area contributed by atoms with E-state index in [4.69, 9.17) is 4.74 Å². The molecule has 1 aromatic heterocycles. The van der Waals surface area contributed by atoms with Crippen LogP contribution in [0.4, 0.5) is 0 Å². The Kier molecular flexibility index (Phi) is 6.16. The monoisotopic (exact) mass is 368 g/mol. The van der Waals surface area contributed by atoms with Gasteiger partial charge in [-0.25, -0.2) is 8.42 Å². The third-order valence-corrected chi connectivity index (χ3v) is 6.00. The Bertz CT molecular complexity index is 730. The summed E-state index contributed by atoms with van der Waals surface area (Å²) in [5.41, 5.74) is 1.57. The van der Waals surface area contributed by atoms with E-state index in [-0.39, 0.29) is 29.9 Å². The van der Waals surface area contributed by atoms with Crippen molar-refractivity contribution < 1.29 is 22.7 Å². The molecule has 2 rings (SSSR count). The summed E-state index contributed by atoms with van der Waals surface area (Å²) in [4.78, 5) is 30.2. The highest BCUT2D eigenvalue weighted by atomic mass is 32.2. The molecule has 8 heteroatoms. The summed E-state index contributed by atoms with van der Waals surface area (Å²) in [5, 5.41) is 0. The second-order valence-electron chi connectivity index (χ2n) is 6.30. The largest absolute Gasteiger partial charge is 0.452 e. The molecule has 1 fully saturated rings. The molecule has 1 aliphatic rings. The zero-order valence-corrected chi connectivity index (χ0v) is 15.6. The minimum Gasteiger partial charge on any atom is -0.452 e. The Morgan fingerprint density at radius 1 is 1.40 bits per heavy atom. The third-order valence-electron chi connectivity index (χ3n) is 4.25. The van der Waals surface area contributed by atoms with Crippen molar-refractivity contribution in [3.05, 3.63) is 29.6 Å². The van der Waals surface area contributed by atoms with Gasteiger partial charge in [0.2, 0.25) is 0 Å². The van der Waals surface area contributed by atoms with Gasteiger partial charge in [0.15, 0.2) is 15.9 Å². The SMILES string of the molecule is CCN(C(=O)C(C)OC(=O)Cc1ccc(C)nc1)C1CCS(=O)(=O)C1. The maximum absolute atomic E-state index is 12.5. The number of sulfone groups is 1. The van der Waals surface area contributed by atoms with Crippen LogP contribution in [0.3, 0.4) is 0 Å². The van der Waals surface area contributed by atoms with Crippen LogP contribution in [0.1, 0.15) is 31.5 Å². The second-order valence-corrected chi connectivity index (χ2v) is 8.53. The average Bonchev–Trinajstić information content (AvgIpc) is 2.90. The maximum atomic E-state index is 12.5. The quantitative estimate of drug-likeness (QED) is 0.693. The number of hydrogen-bond donors (Lipinski definition) is 0. The molecule has 0 radical (unpaired) electrons. The lowest BCUT2D eigenvalue weighted by Crippen LogP contribution is -2.46.